The number of aromatic nitrogens is 1. The SMILES string of the molecule is Cc1cc(C(=O)COC(=O)c2ccc(F)cc2F)c(C)n1-c1ccc(S(N)(=O)=O)cc1. The van der Waals surface area contributed by atoms with Gasteiger partial charge in [0, 0.05) is 28.7 Å². The van der Waals surface area contributed by atoms with Crippen molar-refractivity contribution in [3.63, 3.8) is 0 Å². The van der Waals surface area contributed by atoms with Crippen LogP contribution in [0.1, 0.15) is 32.1 Å². The molecule has 1 heterocycles. The zero-order valence-corrected chi connectivity index (χ0v) is 17.4. The highest BCUT2D eigenvalue weighted by Crippen LogP contribution is 2.22. The molecular weight excluding hydrogens is 430 g/mol. The lowest BCUT2D eigenvalue weighted by Gasteiger charge is -2.11. The molecule has 31 heavy (non-hydrogen) atoms. The van der Waals surface area contributed by atoms with Crippen LogP contribution in [-0.2, 0) is 14.8 Å². The molecule has 0 radical (unpaired) electrons. The molecule has 0 atom stereocenters. The standard InChI is InChI=1S/C21H18F2N2O5S/c1-12-9-18(13(2)25(12)15-4-6-16(7-5-15)31(24,28)29)20(26)11-30-21(27)17-8-3-14(22)10-19(17)23/h3-10H,11H2,1-2H3,(H2,24,28,29). The molecule has 0 saturated heterocycles. The van der Waals surface area contributed by atoms with Gasteiger partial charge in [-0.3, -0.25) is 4.79 Å². The van der Waals surface area contributed by atoms with Crippen molar-refractivity contribution in [2.45, 2.75) is 18.7 Å². The number of nitrogens with two attached hydrogens (primary N) is 1. The van der Waals surface area contributed by atoms with Crippen LogP contribution in [-0.4, -0.2) is 31.3 Å². The molecule has 3 aromatic rings. The number of primary sulfonamides is 1. The van der Waals surface area contributed by atoms with Crippen LogP contribution in [0.2, 0.25) is 0 Å². The van der Waals surface area contributed by atoms with Crippen molar-refractivity contribution in [2.75, 3.05) is 6.61 Å². The number of rotatable bonds is 6. The largest absolute Gasteiger partial charge is 0.454 e. The van der Waals surface area contributed by atoms with Crippen LogP contribution in [0.3, 0.4) is 0 Å². The third kappa shape index (κ3) is 4.70. The number of aryl methyl sites for hydroxylation is 1. The topological polar surface area (TPSA) is 108 Å². The summed E-state index contributed by atoms with van der Waals surface area (Å²) in [6.45, 7) is 2.79. The van der Waals surface area contributed by atoms with Gasteiger partial charge in [-0.25, -0.2) is 27.1 Å². The smallest absolute Gasteiger partial charge is 0.341 e. The fraction of sp³-hybridized carbons (Fsp3) is 0.143. The normalized spacial score (nSPS) is 11.4. The first-order valence-corrected chi connectivity index (χ1v) is 10.5. The van der Waals surface area contributed by atoms with Crippen molar-refractivity contribution in [3.05, 3.63) is 82.7 Å². The van der Waals surface area contributed by atoms with Crippen molar-refractivity contribution < 1.29 is 31.5 Å². The summed E-state index contributed by atoms with van der Waals surface area (Å²) >= 11 is 0. The Morgan fingerprint density at radius 2 is 1.65 bits per heavy atom. The Bertz CT molecular complexity index is 1280. The van der Waals surface area contributed by atoms with Crippen LogP contribution in [0.5, 0.6) is 0 Å². The Morgan fingerprint density at radius 1 is 1.00 bits per heavy atom. The first-order chi connectivity index (χ1) is 14.5. The van der Waals surface area contributed by atoms with Crippen molar-refractivity contribution in [1.29, 1.82) is 0 Å². The van der Waals surface area contributed by atoms with Gasteiger partial charge in [-0.15, -0.1) is 0 Å². The Morgan fingerprint density at radius 3 is 2.23 bits per heavy atom. The summed E-state index contributed by atoms with van der Waals surface area (Å²) in [5.74, 6) is -3.53. The third-order valence-electron chi connectivity index (χ3n) is 4.64. The third-order valence-corrected chi connectivity index (χ3v) is 5.57. The molecule has 0 bridgehead atoms. The maximum Gasteiger partial charge on any atom is 0.341 e. The van der Waals surface area contributed by atoms with Gasteiger partial charge < -0.3 is 9.30 Å². The minimum absolute atomic E-state index is 0.0463. The molecule has 0 fully saturated rings. The fourth-order valence-electron chi connectivity index (χ4n) is 3.17. The van der Waals surface area contributed by atoms with Gasteiger partial charge in [0.15, 0.2) is 6.61 Å². The number of hydrogen-bond acceptors (Lipinski definition) is 5. The zero-order chi connectivity index (χ0) is 22.9. The summed E-state index contributed by atoms with van der Waals surface area (Å²) in [5.41, 5.74) is 1.62. The number of esters is 1. The first-order valence-electron chi connectivity index (χ1n) is 8.96. The van der Waals surface area contributed by atoms with E-state index in [-0.39, 0.29) is 10.5 Å². The highest BCUT2D eigenvalue weighted by atomic mass is 32.2. The molecule has 0 unspecified atom stereocenters. The van der Waals surface area contributed by atoms with E-state index >= 15 is 0 Å². The molecule has 0 amide bonds. The second-order valence-corrected chi connectivity index (χ2v) is 8.34. The van der Waals surface area contributed by atoms with Gasteiger partial charge in [0.05, 0.1) is 10.5 Å². The van der Waals surface area contributed by atoms with Crippen LogP contribution < -0.4 is 5.14 Å². The molecular formula is C21H18F2N2O5S. The van der Waals surface area contributed by atoms with E-state index in [1.807, 2.05) is 0 Å². The second-order valence-electron chi connectivity index (χ2n) is 6.78. The quantitative estimate of drug-likeness (QED) is 0.461. The van der Waals surface area contributed by atoms with E-state index in [1.165, 1.54) is 12.1 Å². The lowest BCUT2D eigenvalue weighted by atomic mass is 10.1. The van der Waals surface area contributed by atoms with Gasteiger partial charge in [-0.2, -0.15) is 0 Å². The maximum atomic E-state index is 13.7. The number of benzene rings is 2. The molecule has 2 N–H and O–H groups in total. The van der Waals surface area contributed by atoms with E-state index in [2.05, 4.69) is 0 Å². The molecule has 10 heteroatoms. The number of Topliss-reactive ketones (excluding diaryl/α,β-unsaturated/α-hetero) is 1. The highest BCUT2D eigenvalue weighted by molar-refractivity contribution is 7.89. The number of hydrogen-bond donors (Lipinski definition) is 1. The van der Waals surface area contributed by atoms with E-state index in [1.54, 1.807) is 36.6 Å². The average Bonchev–Trinajstić information content (AvgIpc) is 2.99. The van der Waals surface area contributed by atoms with Gasteiger partial charge in [0.1, 0.15) is 11.6 Å². The molecule has 7 nitrogen and oxygen atoms in total. The zero-order valence-electron chi connectivity index (χ0n) is 16.6. The molecule has 3 rings (SSSR count). The minimum Gasteiger partial charge on any atom is -0.454 e. The van der Waals surface area contributed by atoms with E-state index < -0.39 is 45.6 Å². The minimum atomic E-state index is -3.83. The van der Waals surface area contributed by atoms with E-state index in [9.17, 15) is 26.8 Å². The van der Waals surface area contributed by atoms with Crippen LogP contribution in [0.25, 0.3) is 5.69 Å². The molecule has 2 aromatic carbocycles. The van der Waals surface area contributed by atoms with Crippen LogP contribution in [0, 0.1) is 25.5 Å². The van der Waals surface area contributed by atoms with Gasteiger partial charge in [-0.05, 0) is 56.3 Å². The Labute approximate surface area is 177 Å². The fourth-order valence-corrected chi connectivity index (χ4v) is 3.68. The number of sulfonamides is 1. The highest BCUT2D eigenvalue weighted by Gasteiger charge is 2.20. The number of carbonyl (C=O) groups is 2. The Kier molecular flexibility index (Phi) is 6.05. The number of carbonyl (C=O) groups excluding carboxylic acids is 2. The van der Waals surface area contributed by atoms with E-state index in [0.717, 1.165) is 12.1 Å². The van der Waals surface area contributed by atoms with Crippen molar-refractivity contribution >= 4 is 21.8 Å². The average molecular weight is 448 g/mol. The predicted molar refractivity (Wildman–Crippen MR) is 108 cm³/mol. The monoisotopic (exact) mass is 448 g/mol. The molecule has 0 aliphatic carbocycles. The first kappa shape index (κ1) is 22.3. The Hall–Kier alpha value is -3.37. The Balaban J connectivity index is 1.79. The molecule has 162 valence electrons. The molecule has 0 saturated carbocycles. The number of halogens is 2. The summed E-state index contributed by atoms with van der Waals surface area (Å²) in [6.07, 6.45) is 0. The van der Waals surface area contributed by atoms with Gasteiger partial charge in [0.25, 0.3) is 0 Å². The van der Waals surface area contributed by atoms with E-state index in [0.29, 0.717) is 23.1 Å². The summed E-state index contributed by atoms with van der Waals surface area (Å²) in [4.78, 5) is 24.5. The summed E-state index contributed by atoms with van der Waals surface area (Å²) in [6, 6.07) is 9.79. The van der Waals surface area contributed by atoms with Gasteiger partial charge in [-0.1, -0.05) is 0 Å². The molecule has 1 aromatic heterocycles. The number of nitrogens with zero attached hydrogens (tertiary/aromatic N) is 1. The molecule has 0 spiro atoms. The van der Waals surface area contributed by atoms with Crippen LogP contribution in [0.4, 0.5) is 8.78 Å². The maximum absolute atomic E-state index is 13.7. The number of ketones is 1. The second kappa shape index (κ2) is 8.40. The predicted octanol–water partition coefficient (Wildman–Crippen LogP) is 3.06. The molecule has 0 aliphatic heterocycles. The summed E-state index contributed by atoms with van der Waals surface area (Å²) in [5, 5.41) is 5.10. The van der Waals surface area contributed by atoms with Crippen molar-refractivity contribution in [1.82, 2.24) is 4.57 Å². The van der Waals surface area contributed by atoms with Crippen LogP contribution in [0.15, 0.2) is 53.4 Å². The van der Waals surface area contributed by atoms with Gasteiger partial charge >= 0.3 is 5.97 Å². The van der Waals surface area contributed by atoms with Crippen molar-refractivity contribution in [3.8, 4) is 5.69 Å². The van der Waals surface area contributed by atoms with Crippen molar-refractivity contribution in [2.24, 2.45) is 5.14 Å². The summed E-state index contributed by atoms with van der Waals surface area (Å²) < 4.78 is 56.1. The van der Waals surface area contributed by atoms with Crippen LogP contribution >= 0.6 is 0 Å². The lowest BCUT2D eigenvalue weighted by molar-refractivity contribution is 0.0470. The van der Waals surface area contributed by atoms with E-state index in [4.69, 9.17) is 9.88 Å². The van der Waals surface area contributed by atoms with Gasteiger partial charge in [0.2, 0.25) is 15.8 Å². The lowest BCUT2D eigenvalue weighted by Crippen LogP contribution is -2.16. The summed E-state index contributed by atoms with van der Waals surface area (Å²) in [7, 11) is -3.83. The molecule has 0 aliphatic rings. The number of ether oxygens (including phenoxy) is 1.